The minimum atomic E-state index is 0.441. The predicted molar refractivity (Wildman–Crippen MR) is 100 cm³/mol. The van der Waals surface area contributed by atoms with E-state index in [2.05, 4.69) is 40.5 Å². The zero-order valence-electron chi connectivity index (χ0n) is 12.9. The molecule has 2 aromatic carbocycles. The molecule has 1 aromatic heterocycles. The quantitative estimate of drug-likeness (QED) is 0.718. The summed E-state index contributed by atoms with van der Waals surface area (Å²) in [5.41, 5.74) is 3.61. The highest BCUT2D eigenvalue weighted by Gasteiger charge is 2.22. The normalized spacial score (nSPS) is 15.9. The predicted octanol–water partition coefficient (Wildman–Crippen LogP) is 5.11. The van der Waals surface area contributed by atoms with E-state index in [0.29, 0.717) is 4.58 Å². The van der Waals surface area contributed by atoms with Gasteiger partial charge in [-0.05, 0) is 52.5 Å². The van der Waals surface area contributed by atoms with E-state index in [0.717, 1.165) is 5.75 Å². The Labute approximate surface area is 144 Å². The highest BCUT2D eigenvalue weighted by Crippen LogP contribution is 2.46. The van der Waals surface area contributed by atoms with Crippen LogP contribution in [0.1, 0.15) is 16.7 Å². The Morgan fingerprint density at radius 2 is 1.87 bits per heavy atom. The maximum Gasteiger partial charge on any atom is 0.119 e. The summed E-state index contributed by atoms with van der Waals surface area (Å²) in [7, 11) is 1.70. The fourth-order valence-corrected chi connectivity index (χ4v) is 5.75. The van der Waals surface area contributed by atoms with Crippen LogP contribution >= 0.6 is 23.5 Å². The molecule has 1 N–H and O–H groups in total. The van der Waals surface area contributed by atoms with Crippen LogP contribution in [0.3, 0.4) is 0 Å². The highest BCUT2D eigenvalue weighted by molar-refractivity contribution is 8.16. The lowest BCUT2D eigenvalue weighted by molar-refractivity contribution is 0.415. The van der Waals surface area contributed by atoms with Crippen molar-refractivity contribution in [3.05, 3.63) is 48.3 Å². The van der Waals surface area contributed by atoms with Gasteiger partial charge in [0.15, 0.2) is 0 Å². The average molecular weight is 342 g/mol. The lowest BCUT2D eigenvalue weighted by Crippen LogP contribution is -2.01. The number of methoxy groups -OCH3 is 1. The molecule has 2 heterocycles. The first-order chi connectivity index (χ1) is 11.3. The van der Waals surface area contributed by atoms with E-state index < -0.39 is 0 Å². The summed E-state index contributed by atoms with van der Waals surface area (Å²) in [5.74, 6) is 3.34. The topological polar surface area (TPSA) is 37.9 Å². The third kappa shape index (κ3) is 2.95. The molecule has 3 aromatic rings. The summed E-state index contributed by atoms with van der Waals surface area (Å²) in [5, 5.41) is 10.0. The molecule has 0 unspecified atom stereocenters. The molecule has 1 aliphatic heterocycles. The Morgan fingerprint density at radius 3 is 2.70 bits per heavy atom. The van der Waals surface area contributed by atoms with Gasteiger partial charge in [-0.25, -0.2) is 0 Å². The summed E-state index contributed by atoms with van der Waals surface area (Å²) < 4.78 is 5.74. The van der Waals surface area contributed by atoms with E-state index in [4.69, 9.17) is 4.74 Å². The van der Waals surface area contributed by atoms with Crippen molar-refractivity contribution in [2.24, 2.45) is 0 Å². The van der Waals surface area contributed by atoms with Crippen LogP contribution in [0.5, 0.6) is 5.75 Å². The van der Waals surface area contributed by atoms with Gasteiger partial charge in [0.2, 0.25) is 0 Å². The van der Waals surface area contributed by atoms with Crippen molar-refractivity contribution in [2.75, 3.05) is 18.6 Å². The number of benzene rings is 2. The van der Waals surface area contributed by atoms with Gasteiger partial charge >= 0.3 is 0 Å². The van der Waals surface area contributed by atoms with Gasteiger partial charge in [0.1, 0.15) is 5.75 Å². The molecule has 1 fully saturated rings. The molecule has 0 aliphatic carbocycles. The van der Waals surface area contributed by atoms with Crippen molar-refractivity contribution >= 4 is 34.3 Å². The second-order valence-corrected chi connectivity index (χ2v) is 8.26. The fraction of sp³-hybridized carbons (Fsp3) is 0.278. The summed E-state index contributed by atoms with van der Waals surface area (Å²) in [4.78, 5) is 0. The SMILES string of the molecule is COc1ccc2cc(-c3c[nH]nc3C3SCCCS3)ccc2c1. The maximum atomic E-state index is 5.30. The largest absolute Gasteiger partial charge is 0.497 e. The molecular weight excluding hydrogens is 324 g/mol. The first-order valence-corrected chi connectivity index (χ1v) is 9.80. The summed E-state index contributed by atoms with van der Waals surface area (Å²) in [6.45, 7) is 0. The third-order valence-corrected chi connectivity index (χ3v) is 7.00. The molecule has 118 valence electrons. The van der Waals surface area contributed by atoms with Gasteiger partial charge in [0.05, 0.1) is 17.4 Å². The van der Waals surface area contributed by atoms with E-state index in [9.17, 15) is 0 Å². The first kappa shape index (κ1) is 15.0. The zero-order valence-corrected chi connectivity index (χ0v) is 14.5. The Hall–Kier alpha value is -1.59. The van der Waals surface area contributed by atoms with Gasteiger partial charge in [-0.2, -0.15) is 5.10 Å². The number of hydrogen-bond donors (Lipinski definition) is 1. The van der Waals surface area contributed by atoms with Gasteiger partial charge in [-0.3, -0.25) is 5.10 Å². The molecule has 0 saturated carbocycles. The van der Waals surface area contributed by atoms with Crippen LogP contribution in [0.25, 0.3) is 21.9 Å². The van der Waals surface area contributed by atoms with Crippen molar-refractivity contribution in [1.82, 2.24) is 10.2 Å². The summed E-state index contributed by atoms with van der Waals surface area (Å²) in [6, 6.07) is 12.8. The molecule has 4 rings (SSSR count). The van der Waals surface area contributed by atoms with E-state index in [1.54, 1.807) is 7.11 Å². The number of nitrogens with zero attached hydrogens (tertiary/aromatic N) is 1. The average Bonchev–Trinajstić information content (AvgIpc) is 3.11. The van der Waals surface area contributed by atoms with Gasteiger partial charge < -0.3 is 4.74 Å². The molecule has 0 amide bonds. The standard InChI is InChI=1S/C18H18N2OS2/c1-21-15-6-5-12-9-14(4-3-13(12)10-15)16-11-19-20-17(16)18-22-7-2-8-23-18/h3-6,9-11,18H,2,7-8H2,1H3,(H,19,20). The lowest BCUT2D eigenvalue weighted by Gasteiger charge is -2.20. The molecule has 0 spiro atoms. The fourth-order valence-electron chi connectivity index (χ4n) is 2.88. The van der Waals surface area contributed by atoms with E-state index in [1.807, 2.05) is 35.8 Å². The van der Waals surface area contributed by atoms with Crippen LogP contribution in [0.2, 0.25) is 0 Å². The Bertz CT molecular complexity index is 825. The monoisotopic (exact) mass is 342 g/mol. The van der Waals surface area contributed by atoms with Crippen molar-refractivity contribution in [3.63, 3.8) is 0 Å². The molecule has 3 nitrogen and oxygen atoms in total. The van der Waals surface area contributed by atoms with Gasteiger partial charge in [-0.1, -0.05) is 18.2 Å². The number of fused-ring (bicyclic) bond motifs is 1. The molecule has 0 bridgehead atoms. The summed E-state index contributed by atoms with van der Waals surface area (Å²) >= 11 is 4.00. The van der Waals surface area contributed by atoms with Gasteiger partial charge in [0, 0.05) is 11.8 Å². The number of nitrogens with one attached hydrogen (secondary N) is 1. The Kier molecular flexibility index (Phi) is 4.23. The Balaban J connectivity index is 1.73. The number of aromatic nitrogens is 2. The Morgan fingerprint density at radius 1 is 1.09 bits per heavy atom. The van der Waals surface area contributed by atoms with Gasteiger partial charge in [0.25, 0.3) is 0 Å². The molecular formula is C18H18N2OS2. The second-order valence-electron chi connectivity index (χ2n) is 5.54. The van der Waals surface area contributed by atoms with Crippen molar-refractivity contribution in [2.45, 2.75) is 11.0 Å². The molecule has 5 heteroatoms. The van der Waals surface area contributed by atoms with Gasteiger partial charge in [-0.15, -0.1) is 23.5 Å². The minimum absolute atomic E-state index is 0.441. The number of rotatable bonds is 3. The van der Waals surface area contributed by atoms with Crippen LogP contribution in [0.15, 0.2) is 42.6 Å². The molecule has 1 saturated heterocycles. The van der Waals surface area contributed by atoms with E-state index >= 15 is 0 Å². The van der Waals surface area contributed by atoms with Crippen molar-refractivity contribution in [3.8, 4) is 16.9 Å². The second kappa shape index (κ2) is 6.49. The molecule has 1 aliphatic rings. The molecule has 23 heavy (non-hydrogen) atoms. The van der Waals surface area contributed by atoms with E-state index in [1.165, 1.54) is 45.5 Å². The summed E-state index contributed by atoms with van der Waals surface area (Å²) in [6.07, 6.45) is 3.32. The first-order valence-electron chi connectivity index (χ1n) is 7.70. The van der Waals surface area contributed by atoms with Crippen LogP contribution in [0, 0.1) is 0 Å². The number of aromatic amines is 1. The third-order valence-electron chi connectivity index (χ3n) is 4.08. The maximum absolute atomic E-state index is 5.30. The lowest BCUT2D eigenvalue weighted by atomic mass is 10.0. The van der Waals surface area contributed by atoms with E-state index in [-0.39, 0.29) is 0 Å². The minimum Gasteiger partial charge on any atom is -0.497 e. The van der Waals surface area contributed by atoms with Crippen LogP contribution in [0.4, 0.5) is 0 Å². The zero-order chi connectivity index (χ0) is 15.6. The van der Waals surface area contributed by atoms with Crippen LogP contribution < -0.4 is 4.74 Å². The van der Waals surface area contributed by atoms with Crippen LogP contribution in [-0.4, -0.2) is 28.8 Å². The number of hydrogen-bond acceptors (Lipinski definition) is 4. The van der Waals surface area contributed by atoms with Crippen LogP contribution in [-0.2, 0) is 0 Å². The highest BCUT2D eigenvalue weighted by atomic mass is 32.2. The molecule has 0 atom stereocenters. The van der Waals surface area contributed by atoms with Crippen molar-refractivity contribution < 1.29 is 4.74 Å². The number of ether oxygens (including phenoxy) is 1. The number of H-pyrrole nitrogens is 1. The number of thioether (sulfide) groups is 2. The van der Waals surface area contributed by atoms with Crippen molar-refractivity contribution in [1.29, 1.82) is 0 Å². The molecule has 0 radical (unpaired) electrons. The smallest absolute Gasteiger partial charge is 0.119 e.